The molecule has 10 heteroatoms. The Balaban J connectivity index is 2.09. The van der Waals surface area contributed by atoms with Crippen LogP contribution in [0.25, 0.3) is 0 Å². The normalized spacial score (nSPS) is 16.3. The van der Waals surface area contributed by atoms with Crippen LogP contribution >= 0.6 is 15.9 Å². The highest BCUT2D eigenvalue weighted by molar-refractivity contribution is 9.10. The van der Waals surface area contributed by atoms with Crippen molar-refractivity contribution in [2.24, 2.45) is 0 Å². The first kappa shape index (κ1) is 23.2. The van der Waals surface area contributed by atoms with E-state index in [0.717, 1.165) is 10.0 Å². The molecule has 1 heterocycles. The zero-order valence-electron chi connectivity index (χ0n) is 17.5. The van der Waals surface area contributed by atoms with Crippen molar-refractivity contribution in [1.82, 2.24) is 9.21 Å². The van der Waals surface area contributed by atoms with E-state index in [1.165, 1.54) is 24.6 Å². The van der Waals surface area contributed by atoms with Gasteiger partial charge in [0.15, 0.2) is 6.19 Å². The molecular formula is C21H24BrN3O5S. The second-order valence-electron chi connectivity index (χ2n) is 7.01. The predicted octanol–water partition coefficient (Wildman–Crippen LogP) is 3.22. The zero-order chi connectivity index (χ0) is 22.6. The van der Waals surface area contributed by atoms with Gasteiger partial charge >= 0.3 is 0 Å². The highest BCUT2D eigenvalue weighted by Gasteiger charge is 2.38. The molecule has 166 valence electrons. The van der Waals surface area contributed by atoms with Gasteiger partial charge in [0.25, 0.3) is 0 Å². The maximum Gasteiger partial charge on any atom is 0.247 e. The van der Waals surface area contributed by atoms with Gasteiger partial charge in [0.05, 0.1) is 21.3 Å². The molecule has 0 N–H and O–H groups in total. The van der Waals surface area contributed by atoms with Crippen LogP contribution < -0.4 is 14.2 Å². The van der Waals surface area contributed by atoms with Gasteiger partial charge in [0.2, 0.25) is 10.0 Å². The van der Waals surface area contributed by atoms with Gasteiger partial charge in [0.1, 0.15) is 22.1 Å². The third-order valence-corrected chi connectivity index (χ3v) is 7.94. The molecule has 2 aromatic carbocycles. The molecule has 1 aliphatic heterocycles. The number of rotatable bonds is 8. The van der Waals surface area contributed by atoms with Crippen LogP contribution in [-0.2, 0) is 16.6 Å². The van der Waals surface area contributed by atoms with Gasteiger partial charge in [0, 0.05) is 36.2 Å². The third kappa shape index (κ3) is 4.89. The topological polar surface area (TPSA) is 92.1 Å². The van der Waals surface area contributed by atoms with E-state index in [4.69, 9.17) is 14.2 Å². The van der Waals surface area contributed by atoms with Crippen LogP contribution in [0, 0.1) is 11.5 Å². The van der Waals surface area contributed by atoms with E-state index in [-0.39, 0.29) is 23.2 Å². The molecule has 0 unspecified atom stereocenters. The van der Waals surface area contributed by atoms with Crippen LogP contribution in [0.3, 0.4) is 0 Å². The maximum absolute atomic E-state index is 13.9. The summed E-state index contributed by atoms with van der Waals surface area (Å²) in [5, 5.41) is 9.29. The van der Waals surface area contributed by atoms with E-state index in [1.54, 1.807) is 36.3 Å². The minimum atomic E-state index is -4.00. The summed E-state index contributed by atoms with van der Waals surface area (Å²) in [5.41, 5.74) is 0.750. The smallest absolute Gasteiger partial charge is 0.247 e. The van der Waals surface area contributed by atoms with Gasteiger partial charge in [-0.25, -0.2) is 8.42 Å². The molecule has 1 aliphatic rings. The van der Waals surface area contributed by atoms with Crippen molar-refractivity contribution in [3.8, 4) is 23.4 Å². The molecule has 8 nitrogen and oxygen atoms in total. The molecule has 0 aromatic heterocycles. The number of sulfonamides is 1. The third-order valence-electron chi connectivity index (χ3n) is 5.25. The summed E-state index contributed by atoms with van der Waals surface area (Å²) in [6.07, 6.45) is 2.65. The van der Waals surface area contributed by atoms with Crippen LogP contribution in [0.5, 0.6) is 17.2 Å². The number of halogens is 1. The van der Waals surface area contributed by atoms with Crippen LogP contribution in [0.2, 0.25) is 0 Å². The Morgan fingerprint density at radius 3 is 2.42 bits per heavy atom. The molecule has 0 bridgehead atoms. The zero-order valence-corrected chi connectivity index (χ0v) is 19.9. The summed E-state index contributed by atoms with van der Waals surface area (Å²) in [6, 6.07) is 9.71. The standard InChI is InChI=1S/C21H24BrN3O5S/c1-28-17-4-6-19(22)15(10-17)12-25(16-8-9-24(13-16)14-23)31(26,27)21-11-18(29-2)5-7-20(21)30-3/h4-7,10-11,16H,8-9,12-13H2,1-3H3/t16-/m1/s1. The van der Waals surface area contributed by atoms with Crippen LogP contribution in [0.1, 0.15) is 12.0 Å². The lowest BCUT2D eigenvalue weighted by Gasteiger charge is -2.29. The number of likely N-dealkylation sites (tertiary alicyclic amines) is 1. The highest BCUT2D eigenvalue weighted by Crippen LogP contribution is 2.35. The number of methoxy groups -OCH3 is 3. The largest absolute Gasteiger partial charge is 0.497 e. The summed E-state index contributed by atoms with van der Waals surface area (Å²) < 4.78 is 45.8. The fourth-order valence-corrected chi connectivity index (χ4v) is 5.73. The van der Waals surface area contributed by atoms with Gasteiger partial charge in [-0.1, -0.05) is 15.9 Å². The van der Waals surface area contributed by atoms with Crippen molar-refractivity contribution >= 4 is 26.0 Å². The minimum absolute atomic E-state index is 0.0174. The second-order valence-corrected chi connectivity index (χ2v) is 9.73. The molecule has 0 radical (unpaired) electrons. The lowest BCUT2D eigenvalue weighted by Crippen LogP contribution is -2.41. The lowest BCUT2D eigenvalue weighted by atomic mass is 10.2. The monoisotopic (exact) mass is 509 g/mol. The van der Waals surface area contributed by atoms with Crippen molar-refractivity contribution in [2.45, 2.75) is 23.9 Å². The first-order chi connectivity index (χ1) is 14.8. The predicted molar refractivity (Wildman–Crippen MR) is 119 cm³/mol. The molecule has 1 fully saturated rings. The molecule has 1 saturated heterocycles. The Morgan fingerprint density at radius 2 is 1.81 bits per heavy atom. The average Bonchev–Trinajstić information content (AvgIpc) is 3.26. The lowest BCUT2D eigenvalue weighted by molar-refractivity contribution is 0.310. The molecule has 3 rings (SSSR count). The number of hydrogen-bond donors (Lipinski definition) is 0. The SMILES string of the molecule is COc1ccc(Br)c(CN([C@@H]2CCN(C#N)C2)S(=O)(=O)c2cc(OC)ccc2OC)c1. The van der Waals surface area contributed by atoms with Crippen molar-refractivity contribution in [2.75, 3.05) is 34.4 Å². The van der Waals surface area contributed by atoms with Crippen molar-refractivity contribution in [1.29, 1.82) is 5.26 Å². The van der Waals surface area contributed by atoms with Crippen LogP contribution in [-0.4, -0.2) is 58.1 Å². The van der Waals surface area contributed by atoms with E-state index < -0.39 is 10.0 Å². The molecule has 0 aliphatic carbocycles. The van der Waals surface area contributed by atoms with Gasteiger partial charge in [-0.2, -0.15) is 9.57 Å². The second kappa shape index (κ2) is 9.77. The number of nitrogens with zero attached hydrogens (tertiary/aromatic N) is 3. The number of nitriles is 1. The fourth-order valence-electron chi connectivity index (χ4n) is 3.56. The summed E-state index contributed by atoms with van der Waals surface area (Å²) in [4.78, 5) is 1.58. The van der Waals surface area contributed by atoms with Gasteiger partial charge in [-0.15, -0.1) is 0 Å². The Bertz CT molecular complexity index is 1090. The maximum atomic E-state index is 13.9. The van der Waals surface area contributed by atoms with Crippen molar-refractivity contribution in [3.63, 3.8) is 0 Å². The van der Waals surface area contributed by atoms with Crippen LogP contribution in [0.15, 0.2) is 45.8 Å². The van der Waals surface area contributed by atoms with Gasteiger partial charge in [-0.05, 0) is 42.3 Å². The molecule has 1 atom stereocenters. The highest BCUT2D eigenvalue weighted by atomic mass is 79.9. The Morgan fingerprint density at radius 1 is 1.13 bits per heavy atom. The Hall–Kier alpha value is -2.48. The molecule has 2 aromatic rings. The van der Waals surface area contributed by atoms with Gasteiger partial charge in [-0.3, -0.25) is 0 Å². The van der Waals surface area contributed by atoms with Gasteiger partial charge < -0.3 is 19.1 Å². The first-order valence-electron chi connectivity index (χ1n) is 9.55. The summed E-state index contributed by atoms with van der Waals surface area (Å²) in [7, 11) is 0.469. The molecule has 0 spiro atoms. The molecule has 0 saturated carbocycles. The average molecular weight is 510 g/mol. The Kier molecular flexibility index (Phi) is 7.30. The minimum Gasteiger partial charge on any atom is -0.497 e. The van der Waals surface area contributed by atoms with Crippen molar-refractivity contribution < 1.29 is 22.6 Å². The quantitative estimate of drug-likeness (QED) is 0.504. The van der Waals surface area contributed by atoms with Crippen molar-refractivity contribution in [3.05, 3.63) is 46.4 Å². The Labute approximate surface area is 191 Å². The fraction of sp³-hybridized carbons (Fsp3) is 0.381. The van der Waals surface area contributed by atoms with E-state index in [9.17, 15) is 13.7 Å². The summed E-state index contributed by atoms with van der Waals surface area (Å²) in [6.45, 7) is 0.926. The summed E-state index contributed by atoms with van der Waals surface area (Å²) in [5.74, 6) is 1.26. The molecular weight excluding hydrogens is 486 g/mol. The number of benzene rings is 2. The number of ether oxygens (including phenoxy) is 3. The van der Waals surface area contributed by atoms with Crippen LogP contribution in [0.4, 0.5) is 0 Å². The molecule has 0 amide bonds. The van der Waals surface area contributed by atoms with E-state index in [2.05, 4.69) is 22.1 Å². The summed E-state index contributed by atoms with van der Waals surface area (Å²) >= 11 is 3.51. The van der Waals surface area contributed by atoms with E-state index >= 15 is 0 Å². The first-order valence-corrected chi connectivity index (χ1v) is 11.8. The van der Waals surface area contributed by atoms with E-state index in [1.807, 2.05) is 6.07 Å². The number of hydrogen-bond acceptors (Lipinski definition) is 7. The van der Waals surface area contributed by atoms with E-state index in [0.29, 0.717) is 31.0 Å². The molecule has 31 heavy (non-hydrogen) atoms.